The summed E-state index contributed by atoms with van der Waals surface area (Å²) in [5, 5.41) is 3.15. The molecule has 2 atom stereocenters. The highest BCUT2D eigenvalue weighted by atomic mass is 16.6. The first kappa shape index (κ1) is 21.8. The van der Waals surface area contributed by atoms with E-state index in [9.17, 15) is 9.59 Å². The molecule has 0 aliphatic carbocycles. The molecule has 4 rings (SSSR count). The van der Waals surface area contributed by atoms with Gasteiger partial charge >= 0.3 is 11.9 Å². The molecule has 0 fully saturated rings. The molecule has 2 unspecified atom stereocenters. The lowest BCUT2D eigenvalue weighted by molar-refractivity contribution is -0.153. The van der Waals surface area contributed by atoms with Gasteiger partial charge in [-0.1, -0.05) is 30.3 Å². The van der Waals surface area contributed by atoms with E-state index < -0.39 is 24.1 Å². The second-order valence-electron chi connectivity index (χ2n) is 8.06. The molecule has 0 bridgehead atoms. The summed E-state index contributed by atoms with van der Waals surface area (Å²) >= 11 is 0. The number of ether oxygens (including phenoxy) is 2. The second-order valence-corrected chi connectivity index (χ2v) is 8.06. The molecule has 32 heavy (non-hydrogen) atoms. The van der Waals surface area contributed by atoms with Crippen molar-refractivity contribution in [3.8, 4) is 0 Å². The van der Waals surface area contributed by atoms with Crippen molar-refractivity contribution < 1.29 is 19.1 Å². The molecule has 0 saturated heterocycles. The zero-order valence-electron chi connectivity index (χ0n) is 18.7. The van der Waals surface area contributed by atoms with E-state index in [0.29, 0.717) is 28.2 Å². The van der Waals surface area contributed by atoms with Crippen LogP contribution in [0.1, 0.15) is 43.5 Å². The van der Waals surface area contributed by atoms with Crippen LogP contribution >= 0.6 is 0 Å². The van der Waals surface area contributed by atoms with Crippen LogP contribution in [0.4, 0.5) is 0 Å². The van der Waals surface area contributed by atoms with Gasteiger partial charge in [0, 0.05) is 30.7 Å². The van der Waals surface area contributed by atoms with Gasteiger partial charge < -0.3 is 14.8 Å². The second kappa shape index (κ2) is 8.96. The molecule has 2 aliphatic heterocycles. The van der Waals surface area contributed by atoms with E-state index >= 15 is 0 Å². The molecule has 7 heteroatoms. The summed E-state index contributed by atoms with van der Waals surface area (Å²) in [6.45, 7) is 6.90. The summed E-state index contributed by atoms with van der Waals surface area (Å²) in [5.41, 5.74) is 5.04. The molecule has 3 heterocycles. The smallest absolute Gasteiger partial charge is 0.338 e. The molecule has 2 aliphatic rings. The van der Waals surface area contributed by atoms with Crippen LogP contribution in [0.3, 0.4) is 0 Å². The summed E-state index contributed by atoms with van der Waals surface area (Å²) in [7, 11) is 1.33. The van der Waals surface area contributed by atoms with Crippen molar-refractivity contribution in [1.29, 1.82) is 0 Å². The first-order valence-corrected chi connectivity index (χ1v) is 10.6. The lowest BCUT2D eigenvalue weighted by atomic mass is 9.83. The summed E-state index contributed by atoms with van der Waals surface area (Å²) in [4.78, 5) is 32.6. The number of nitrogens with zero attached hydrogens (tertiary/aromatic N) is 2. The maximum absolute atomic E-state index is 13.4. The number of nitrogens with one attached hydrogen (secondary N) is 1. The van der Waals surface area contributed by atoms with Crippen LogP contribution < -0.4 is 5.32 Å². The minimum atomic E-state index is -0.680. The van der Waals surface area contributed by atoms with Crippen LogP contribution in [0.15, 0.2) is 71.2 Å². The fraction of sp³-hybridized carbons (Fsp3) is 0.320. The van der Waals surface area contributed by atoms with Crippen LogP contribution in [0.25, 0.3) is 0 Å². The van der Waals surface area contributed by atoms with Gasteiger partial charge in [-0.15, -0.1) is 0 Å². The average Bonchev–Trinajstić information content (AvgIpc) is 3.23. The molecule has 0 spiro atoms. The summed E-state index contributed by atoms with van der Waals surface area (Å²) < 4.78 is 10.9. The van der Waals surface area contributed by atoms with Gasteiger partial charge in [-0.05, 0) is 44.0 Å². The van der Waals surface area contributed by atoms with Crippen molar-refractivity contribution in [2.24, 2.45) is 0 Å². The van der Waals surface area contributed by atoms with Gasteiger partial charge in [0.25, 0.3) is 0 Å². The predicted octanol–water partition coefficient (Wildman–Crippen LogP) is 3.39. The van der Waals surface area contributed by atoms with E-state index in [-0.39, 0.29) is 0 Å². The van der Waals surface area contributed by atoms with Gasteiger partial charge in [-0.3, -0.25) is 9.88 Å². The van der Waals surface area contributed by atoms with Gasteiger partial charge in [0.05, 0.1) is 29.9 Å². The minimum absolute atomic E-state index is 0.352. The van der Waals surface area contributed by atoms with Gasteiger partial charge in [-0.25, -0.2) is 9.59 Å². The molecule has 0 radical (unpaired) electrons. The monoisotopic (exact) mass is 433 g/mol. The van der Waals surface area contributed by atoms with E-state index in [2.05, 4.69) is 27.3 Å². The molecule has 1 aromatic carbocycles. The van der Waals surface area contributed by atoms with E-state index in [4.69, 9.17) is 9.47 Å². The third-order valence-electron chi connectivity index (χ3n) is 6.03. The van der Waals surface area contributed by atoms with Crippen LogP contribution in [-0.2, 0) is 32.2 Å². The van der Waals surface area contributed by atoms with Crippen molar-refractivity contribution in [2.45, 2.75) is 46.0 Å². The number of allylic oxidation sites excluding steroid dienone is 2. The van der Waals surface area contributed by atoms with E-state index in [0.717, 1.165) is 13.1 Å². The highest BCUT2D eigenvalue weighted by Crippen LogP contribution is 2.38. The first-order valence-electron chi connectivity index (χ1n) is 10.6. The fourth-order valence-electron chi connectivity index (χ4n) is 4.40. The number of dihydropyridines is 1. The van der Waals surface area contributed by atoms with E-state index in [1.807, 2.05) is 25.1 Å². The number of aromatic nitrogens is 1. The largest absolute Gasteiger partial charge is 0.466 e. The number of methoxy groups -OCH3 is 1. The number of hydrogen-bond donors (Lipinski definition) is 1. The maximum Gasteiger partial charge on any atom is 0.338 e. The number of carbonyl (C=O) groups excluding carboxylic acids is 2. The van der Waals surface area contributed by atoms with Crippen LogP contribution in [0.5, 0.6) is 0 Å². The van der Waals surface area contributed by atoms with E-state index in [1.54, 1.807) is 32.2 Å². The summed E-state index contributed by atoms with van der Waals surface area (Å²) in [6, 6.07) is 13.6. The number of hydrogen-bond acceptors (Lipinski definition) is 7. The molecule has 7 nitrogen and oxygen atoms in total. The van der Waals surface area contributed by atoms with Crippen molar-refractivity contribution in [2.75, 3.05) is 7.11 Å². The standard InChI is InChI=1S/C25H27N3O4/c1-15-21(24(29)31-4)23(20-11-7-8-12-26-20)22(16(2)27-15)25(30)32-17(3)28-13-18-9-5-6-10-19(18)14-28/h5-12,17,23,27H,13-14H2,1-4H3. The number of pyridine rings is 1. The molecule has 2 aromatic rings. The minimum Gasteiger partial charge on any atom is -0.466 e. The Morgan fingerprint density at radius 2 is 1.59 bits per heavy atom. The Morgan fingerprint density at radius 1 is 1.00 bits per heavy atom. The van der Waals surface area contributed by atoms with Crippen LogP contribution in [0.2, 0.25) is 0 Å². The van der Waals surface area contributed by atoms with Gasteiger partial charge in [-0.2, -0.15) is 0 Å². The Hall–Kier alpha value is -3.45. The number of carbonyl (C=O) groups is 2. The molecule has 1 N–H and O–H groups in total. The molecule has 0 saturated carbocycles. The highest BCUT2D eigenvalue weighted by molar-refractivity contribution is 5.99. The number of rotatable bonds is 5. The third kappa shape index (κ3) is 4.03. The van der Waals surface area contributed by atoms with Gasteiger partial charge in [0.15, 0.2) is 6.23 Å². The highest BCUT2D eigenvalue weighted by Gasteiger charge is 2.39. The van der Waals surface area contributed by atoms with Crippen LogP contribution in [0, 0.1) is 0 Å². The number of fused-ring (bicyclic) bond motifs is 1. The van der Waals surface area contributed by atoms with Crippen molar-refractivity contribution in [3.05, 3.63) is 88.0 Å². The predicted molar refractivity (Wildman–Crippen MR) is 119 cm³/mol. The number of esters is 2. The molecular weight excluding hydrogens is 406 g/mol. The van der Waals surface area contributed by atoms with Crippen molar-refractivity contribution in [3.63, 3.8) is 0 Å². The lowest BCUT2D eigenvalue weighted by Gasteiger charge is -2.31. The normalized spacial score (nSPS) is 19.3. The third-order valence-corrected chi connectivity index (χ3v) is 6.03. The number of benzene rings is 1. The van der Waals surface area contributed by atoms with Crippen molar-refractivity contribution in [1.82, 2.24) is 15.2 Å². The zero-order chi connectivity index (χ0) is 22.8. The Kier molecular flexibility index (Phi) is 6.10. The Morgan fingerprint density at radius 3 is 2.16 bits per heavy atom. The quantitative estimate of drug-likeness (QED) is 0.724. The topological polar surface area (TPSA) is 80.8 Å². The van der Waals surface area contributed by atoms with Gasteiger partial charge in [0.1, 0.15) is 0 Å². The lowest BCUT2D eigenvalue weighted by Crippen LogP contribution is -2.37. The maximum atomic E-state index is 13.4. The first-order chi connectivity index (χ1) is 15.4. The van der Waals surface area contributed by atoms with Gasteiger partial charge in [0.2, 0.25) is 0 Å². The average molecular weight is 434 g/mol. The Labute approximate surface area is 187 Å². The Balaban J connectivity index is 1.62. The summed E-state index contributed by atoms with van der Waals surface area (Å²) in [5.74, 6) is -1.67. The SMILES string of the molecule is COC(=O)C1=C(C)NC(C)=C(C(=O)OC(C)N2Cc3ccccc3C2)C1c1ccccn1. The van der Waals surface area contributed by atoms with Crippen molar-refractivity contribution >= 4 is 11.9 Å². The molecule has 166 valence electrons. The molecule has 1 aromatic heterocycles. The van der Waals surface area contributed by atoms with Crippen LogP contribution in [-0.4, -0.2) is 35.2 Å². The molecular formula is C25H27N3O4. The van der Waals surface area contributed by atoms with E-state index in [1.165, 1.54) is 18.2 Å². The summed E-state index contributed by atoms with van der Waals surface area (Å²) in [6.07, 6.45) is 1.21. The fourth-order valence-corrected chi connectivity index (χ4v) is 4.40. The molecule has 0 amide bonds. The Bertz CT molecular complexity index is 1080. The zero-order valence-corrected chi connectivity index (χ0v) is 18.7.